The number of para-hydroxylation sites is 1. The molecule has 2 aromatic rings. The molecule has 3 heteroatoms. The second kappa shape index (κ2) is 4.93. The molecular weight excluding hydrogens is 250 g/mol. The first kappa shape index (κ1) is 12.6. The smallest absolute Gasteiger partial charge is 0.258 e. The van der Waals surface area contributed by atoms with Crippen LogP contribution >= 0.6 is 0 Å². The standard InChI is InChI=1S/C17H15NO2/c1-12-10-14(6-7-15(12)11-19)17(20)18-9-8-13-4-2-3-5-16(13)18/h2-7,10-11H,8-9H2,1H3. The first-order valence-corrected chi connectivity index (χ1v) is 6.66. The van der Waals surface area contributed by atoms with Crippen LogP contribution in [-0.2, 0) is 6.42 Å². The van der Waals surface area contributed by atoms with E-state index in [1.165, 1.54) is 5.56 Å². The molecule has 0 aliphatic carbocycles. The number of anilines is 1. The minimum Gasteiger partial charge on any atom is -0.308 e. The number of aryl methyl sites for hydroxylation is 1. The first-order chi connectivity index (χ1) is 9.70. The summed E-state index contributed by atoms with van der Waals surface area (Å²) in [6.07, 6.45) is 1.71. The Hall–Kier alpha value is -2.42. The van der Waals surface area contributed by atoms with Crippen molar-refractivity contribution in [1.29, 1.82) is 0 Å². The number of hydrogen-bond acceptors (Lipinski definition) is 2. The van der Waals surface area contributed by atoms with E-state index < -0.39 is 0 Å². The maximum absolute atomic E-state index is 12.6. The largest absolute Gasteiger partial charge is 0.308 e. The molecule has 2 aromatic carbocycles. The van der Waals surface area contributed by atoms with Gasteiger partial charge in [0.25, 0.3) is 5.91 Å². The summed E-state index contributed by atoms with van der Waals surface area (Å²) in [4.78, 5) is 25.2. The third-order valence-corrected chi connectivity index (χ3v) is 3.78. The molecule has 1 amide bonds. The van der Waals surface area contributed by atoms with Crippen molar-refractivity contribution in [3.63, 3.8) is 0 Å². The van der Waals surface area contributed by atoms with Gasteiger partial charge in [0.05, 0.1) is 0 Å². The zero-order valence-corrected chi connectivity index (χ0v) is 11.3. The molecular formula is C17H15NO2. The molecule has 0 atom stereocenters. The van der Waals surface area contributed by atoms with E-state index in [4.69, 9.17) is 0 Å². The van der Waals surface area contributed by atoms with E-state index in [0.717, 1.165) is 24.0 Å². The third-order valence-electron chi connectivity index (χ3n) is 3.78. The molecule has 0 unspecified atom stereocenters. The highest BCUT2D eigenvalue weighted by Gasteiger charge is 2.25. The number of rotatable bonds is 2. The SMILES string of the molecule is Cc1cc(C(=O)N2CCc3ccccc32)ccc1C=O. The van der Waals surface area contributed by atoms with Crippen LogP contribution in [0, 0.1) is 6.92 Å². The van der Waals surface area contributed by atoms with Gasteiger partial charge in [0.1, 0.15) is 6.29 Å². The number of nitrogens with zero attached hydrogens (tertiary/aromatic N) is 1. The van der Waals surface area contributed by atoms with Crippen LogP contribution in [0.3, 0.4) is 0 Å². The van der Waals surface area contributed by atoms with Gasteiger partial charge >= 0.3 is 0 Å². The first-order valence-electron chi connectivity index (χ1n) is 6.66. The Balaban J connectivity index is 1.94. The Kier molecular flexibility index (Phi) is 3.11. The number of benzene rings is 2. The third kappa shape index (κ3) is 2.01. The van der Waals surface area contributed by atoms with Gasteiger partial charge in [-0.05, 0) is 42.7 Å². The zero-order valence-electron chi connectivity index (χ0n) is 11.3. The van der Waals surface area contributed by atoms with E-state index in [1.54, 1.807) is 18.2 Å². The molecule has 0 saturated heterocycles. The van der Waals surface area contributed by atoms with Gasteiger partial charge in [-0.15, -0.1) is 0 Å². The summed E-state index contributed by atoms with van der Waals surface area (Å²) in [7, 11) is 0. The molecule has 20 heavy (non-hydrogen) atoms. The molecule has 1 aliphatic heterocycles. The molecule has 0 spiro atoms. The molecule has 0 radical (unpaired) electrons. The van der Waals surface area contributed by atoms with Crippen LogP contribution in [0.25, 0.3) is 0 Å². The van der Waals surface area contributed by atoms with Crippen molar-refractivity contribution in [2.45, 2.75) is 13.3 Å². The minimum atomic E-state index is -0.00417. The van der Waals surface area contributed by atoms with Gasteiger partial charge in [-0.3, -0.25) is 9.59 Å². The van der Waals surface area contributed by atoms with Crippen LogP contribution in [0.1, 0.15) is 31.8 Å². The summed E-state index contributed by atoms with van der Waals surface area (Å²) in [5.74, 6) is -0.00417. The van der Waals surface area contributed by atoms with Gasteiger partial charge in [-0.1, -0.05) is 24.3 Å². The predicted molar refractivity (Wildman–Crippen MR) is 78.4 cm³/mol. The van der Waals surface area contributed by atoms with Crippen molar-refractivity contribution >= 4 is 17.9 Å². The number of amides is 1. The van der Waals surface area contributed by atoms with Crippen LogP contribution in [0.5, 0.6) is 0 Å². The molecule has 0 aromatic heterocycles. The van der Waals surface area contributed by atoms with Crippen molar-refractivity contribution in [3.05, 3.63) is 64.7 Å². The summed E-state index contributed by atoms with van der Waals surface area (Å²) in [6, 6.07) is 13.2. The van der Waals surface area contributed by atoms with E-state index in [-0.39, 0.29) is 5.91 Å². The molecule has 1 aliphatic rings. The maximum Gasteiger partial charge on any atom is 0.258 e. The summed E-state index contributed by atoms with van der Waals surface area (Å²) >= 11 is 0. The molecule has 100 valence electrons. The van der Waals surface area contributed by atoms with Crippen LogP contribution in [0.15, 0.2) is 42.5 Å². The quantitative estimate of drug-likeness (QED) is 0.783. The molecule has 0 saturated carbocycles. The zero-order chi connectivity index (χ0) is 14.1. The summed E-state index contributed by atoms with van der Waals surface area (Å²) in [5, 5.41) is 0. The van der Waals surface area contributed by atoms with Crippen molar-refractivity contribution in [1.82, 2.24) is 0 Å². The molecule has 0 fully saturated rings. The van der Waals surface area contributed by atoms with Gasteiger partial charge in [-0.2, -0.15) is 0 Å². The topological polar surface area (TPSA) is 37.4 Å². The lowest BCUT2D eigenvalue weighted by atomic mass is 10.1. The Bertz CT molecular complexity index is 691. The fourth-order valence-corrected chi connectivity index (χ4v) is 2.65. The second-order valence-corrected chi connectivity index (χ2v) is 5.02. The van der Waals surface area contributed by atoms with Crippen molar-refractivity contribution in [2.75, 3.05) is 11.4 Å². The fourth-order valence-electron chi connectivity index (χ4n) is 2.65. The van der Waals surface area contributed by atoms with Gasteiger partial charge in [0.15, 0.2) is 0 Å². The Morgan fingerprint density at radius 1 is 1.20 bits per heavy atom. The average molecular weight is 265 g/mol. The number of carbonyl (C=O) groups is 2. The molecule has 0 N–H and O–H groups in total. The number of fused-ring (bicyclic) bond motifs is 1. The number of hydrogen-bond donors (Lipinski definition) is 0. The Morgan fingerprint density at radius 3 is 2.75 bits per heavy atom. The van der Waals surface area contributed by atoms with Crippen LogP contribution in [0.2, 0.25) is 0 Å². The average Bonchev–Trinajstić information content (AvgIpc) is 2.90. The summed E-state index contributed by atoms with van der Waals surface area (Å²) in [5.41, 5.74) is 4.29. The Labute approximate surface area is 117 Å². The Morgan fingerprint density at radius 2 is 2.00 bits per heavy atom. The lowest BCUT2D eigenvalue weighted by molar-refractivity contribution is 0.0988. The van der Waals surface area contributed by atoms with E-state index in [1.807, 2.05) is 30.0 Å². The number of carbonyl (C=O) groups excluding carboxylic acids is 2. The fraction of sp³-hybridized carbons (Fsp3) is 0.176. The van der Waals surface area contributed by atoms with E-state index >= 15 is 0 Å². The predicted octanol–water partition coefficient (Wildman–Crippen LogP) is 3.01. The lowest BCUT2D eigenvalue weighted by Gasteiger charge is -2.17. The van der Waals surface area contributed by atoms with E-state index in [2.05, 4.69) is 6.07 Å². The van der Waals surface area contributed by atoms with Gasteiger partial charge in [0, 0.05) is 23.4 Å². The van der Waals surface area contributed by atoms with E-state index in [0.29, 0.717) is 17.7 Å². The highest BCUT2D eigenvalue weighted by Crippen LogP contribution is 2.29. The molecule has 0 bridgehead atoms. The van der Waals surface area contributed by atoms with Gasteiger partial charge in [-0.25, -0.2) is 0 Å². The normalized spacial score (nSPS) is 13.2. The van der Waals surface area contributed by atoms with Gasteiger partial charge < -0.3 is 4.90 Å². The van der Waals surface area contributed by atoms with Crippen molar-refractivity contribution < 1.29 is 9.59 Å². The highest BCUT2D eigenvalue weighted by atomic mass is 16.2. The number of aldehydes is 1. The van der Waals surface area contributed by atoms with Gasteiger partial charge in [0.2, 0.25) is 0 Å². The van der Waals surface area contributed by atoms with Crippen molar-refractivity contribution in [2.24, 2.45) is 0 Å². The molecule has 3 rings (SSSR count). The highest BCUT2D eigenvalue weighted by molar-refractivity contribution is 6.07. The summed E-state index contributed by atoms with van der Waals surface area (Å²) < 4.78 is 0. The monoisotopic (exact) mass is 265 g/mol. The minimum absolute atomic E-state index is 0.00417. The molecule has 1 heterocycles. The lowest BCUT2D eigenvalue weighted by Crippen LogP contribution is -2.28. The van der Waals surface area contributed by atoms with Crippen molar-refractivity contribution in [3.8, 4) is 0 Å². The molecule has 3 nitrogen and oxygen atoms in total. The maximum atomic E-state index is 12.6. The van der Waals surface area contributed by atoms with Crippen LogP contribution in [-0.4, -0.2) is 18.7 Å². The van der Waals surface area contributed by atoms with E-state index in [9.17, 15) is 9.59 Å². The van der Waals surface area contributed by atoms with Crippen LogP contribution < -0.4 is 4.90 Å². The second-order valence-electron chi connectivity index (χ2n) is 5.02. The van der Waals surface area contributed by atoms with Crippen LogP contribution in [0.4, 0.5) is 5.69 Å². The summed E-state index contributed by atoms with van der Waals surface area (Å²) in [6.45, 7) is 2.56.